The van der Waals surface area contributed by atoms with E-state index >= 15 is 0 Å². The van der Waals surface area contributed by atoms with E-state index in [1.807, 2.05) is 12.1 Å². The molecule has 0 unspecified atom stereocenters. The summed E-state index contributed by atoms with van der Waals surface area (Å²) in [5.41, 5.74) is 1.65. The summed E-state index contributed by atoms with van der Waals surface area (Å²) in [6.45, 7) is 3.13. The minimum Gasteiger partial charge on any atom is -0.494 e. The van der Waals surface area contributed by atoms with E-state index in [1.54, 1.807) is 6.20 Å². The average Bonchev–Trinajstić information content (AvgIpc) is 2.98. The van der Waals surface area contributed by atoms with Gasteiger partial charge in [-0.2, -0.15) is 0 Å². The van der Waals surface area contributed by atoms with Crippen LogP contribution >= 0.6 is 0 Å². The van der Waals surface area contributed by atoms with Gasteiger partial charge in [-0.1, -0.05) is 6.07 Å². The van der Waals surface area contributed by atoms with Crippen molar-refractivity contribution in [2.75, 3.05) is 36.5 Å². The topological polar surface area (TPSA) is 86.3 Å². The van der Waals surface area contributed by atoms with Gasteiger partial charge in [-0.05, 0) is 36.8 Å². The second-order valence-corrected chi connectivity index (χ2v) is 7.53. The van der Waals surface area contributed by atoms with E-state index < -0.39 is 11.6 Å². The van der Waals surface area contributed by atoms with E-state index in [2.05, 4.69) is 25.2 Å². The Hall–Kier alpha value is -3.72. The number of fused-ring (bicyclic) bond motifs is 1. The molecule has 0 saturated carbocycles. The first-order chi connectivity index (χ1) is 15.6. The summed E-state index contributed by atoms with van der Waals surface area (Å²) in [6.07, 6.45) is 4.20. The van der Waals surface area contributed by atoms with Crippen LogP contribution in [0.25, 0.3) is 22.2 Å². The number of rotatable bonds is 4. The van der Waals surface area contributed by atoms with Crippen LogP contribution in [0, 0.1) is 11.6 Å². The smallest absolute Gasteiger partial charge is 0.200 e. The molecule has 0 radical (unpaired) electrons. The molecule has 164 valence electrons. The highest BCUT2D eigenvalue weighted by Gasteiger charge is 2.18. The monoisotopic (exact) mass is 437 g/mol. The Morgan fingerprint density at radius 2 is 1.94 bits per heavy atom. The van der Waals surface area contributed by atoms with Crippen LogP contribution in [-0.4, -0.2) is 46.4 Å². The third-order valence-corrected chi connectivity index (χ3v) is 5.45. The number of pyridine rings is 2. The standard InChI is InChI=1S/C23H21F2N5O2/c24-15-3-1-4-16(25)21(15)17-11-18(22-19(28-17)13-27-23(22)31)29-20-6-5-14(12-26-20)30-7-2-9-32-10-8-30/h1,3-6,11-13,27,31H,2,7-10H2,(H,26,29). The summed E-state index contributed by atoms with van der Waals surface area (Å²) in [4.78, 5) is 13.7. The number of halogens is 2. The van der Waals surface area contributed by atoms with Crippen molar-refractivity contribution in [2.24, 2.45) is 0 Å². The number of nitrogens with one attached hydrogen (secondary N) is 2. The van der Waals surface area contributed by atoms with Gasteiger partial charge in [0.15, 0.2) is 5.88 Å². The molecule has 7 nitrogen and oxygen atoms in total. The molecule has 5 rings (SSSR count). The SMILES string of the molecule is Oc1[nH]cc2nc(-c3c(F)cccc3F)cc(Nc3ccc(N4CCCOCC4)cn3)c12. The number of ether oxygens (including phenoxy) is 1. The molecule has 0 bridgehead atoms. The van der Waals surface area contributed by atoms with E-state index in [0.29, 0.717) is 29.0 Å². The fourth-order valence-corrected chi connectivity index (χ4v) is 3.89. The Balaban J connectivity index is 1.50. The first kappa shape index (κ1) is 20.2. The largest absolute Gasteiger partial charge is 0.494 e. The van der Waals surface area contributed by atoms with Crippen molar-refractivity contribution < 1.29 is 18.6 Å². The number of H-pyrrole nitrogens is 1. The molecule has 1 fully saturated rings. The van der Waals surface area contributed by atoms with Crippen molar-refractivity contribution in [1.29, 1.82) is 0 Å². The molecular weight excluding hydrogens is 416 g/mol. The fourth-order valence-electron chi connectivity index (χ4n) is 3.89. The highest BCUT2D eigenvalue weighted by molar-refractivity contribution is 5.99. The lowest BCUT2D eigenvalue weighted by atomic mass is 10.1. The summed E-state index contributed by atoms with van der Waals surface area (Å²) in [6, 6.07) is 8.93. The van der Waals surface area contributed by atoms with E-state index in [-0.39, 0.29) is 17.1 Å². The average molecular weight is 437 g/mol. The van der Waals surface area contributed by atoms with Crippen molar-refractivity contribution >= 4 is 28.1 Å². The zero-order valence-corrected chi connectivity index (χ0v) is 17.1. The fraction of sp³-hybridized carbons (Fsp3) is 0.217. The van der Waals surface area contributed by atoms with Gasteiger partial charge in [0.2, 0.25) is 0 Å². The summed E-state index contributed by atoms with van der Waals surface area (Å²) < 4.78 is 34.2. The van der Waals surface area contributed by atoms with E-state index in [0.717, 1.165) is 31.8 Å². The van der Waals surface area contributed by atoms with Crippen LogP contribution in [0.1, 0.15) is 6.42 Å². The zero-order chi connectivity index (χ0) is 22.1. The van der Waals surface area contributed by atoms with Crippen molar-refractivity contribution in [3.63, 3.8) is 0 Å². The predicted octanol–water partition coefficient (Wildman–Crippen LogP) is 4.58. The van der Waals surface area contributed by atoms with Crippen LogP contribution in [0.2, 0.25) is 0 Å². The van der Waals surface area contributed by atoms with Gasteiger partial charge in [-0.25, -0.2) is 18.7 Å². The Morgan fingerprint density at radius 1 is 1.09 bits per heavy atom. The number of aromatic nitrogens is 3. The first-order valence-corrected chi connectivity index (χ1v) is 10.3. The highest BCUT2D eigenvalue weighted by atomic mass is 19.1. The Labute approximate surface area is 182 Å². The molecule has 0 spiro atoms. The minimum absolute atomic E-state index is 0.100. The van der Waals surface area contributed by atoms with Gasteiger partial charge < -0.3 is 25.0 Å². The number of anilines is 3. The summed E-state index contributed by atoms with van der Waals surface area (Å²) in [5, 5.41) is 13.8. The molecule has 1 aromatic carbocycles. The van der Waals surface area contributed by atoms with E-state index in [4.69, 9.17) is 4.74 Å². The molecule has 1 aliphatic heterocycles. The summed E-state index contributed by atoms with van der Waals surface area (Å²) >= 11 is 0. The molecule has 1 aliphatic rings. The highest BCUT2D eigenvalue weighted by Crippen LogP contribution is 2.36. The lowest BCUT2D eigenvalue weighted by molar-refractivity contribution is 0.152. The van der Waals surface area contributed by atoms with Crippen molar-refractivity contribution in [3.8, 4) is 17.1 Å². The zero-order valence-electron chi connectivity index (χ0n) is 17.1. The lowest BCUT2D eigenvalue weighted by Gasteiger charge is -2.21. The third-order valence-electron chi connectivity index (χ3n) is 5.45. The predicted molar refractivity (Wildman–Crippen MR) is 118 cm³/mol. The first-order valence-electron chi connectivity index (χ1n) is 10.3. The lowest BCUT2D eigenvalue weighted by Crippen LogP contribution is -2.25. The molecule has 0 amide bonds. The molecule has 1 saturated heterocycles. The van der Waals surface area contributed by atoms with E-state index in [1.165, 1.54) is 30.5 Å². The maximum Gasteiger partial charge on any atom is 0.200 e. The molecule has 3 aromatic heterocycles. The molecule has 4 aromatic rings. The normalized spacial score (nSPS) is 14.5. The number of nitrogens with zero attached hydrogens (tertiary/aromatic N) is 3. The van der Waals surface area contributed by atoms with Crippen molar-refractivity contribution in [3.05, 3.63) is 60.4 Å². The number of aromatic amines is 1. The van der Waals surface area contributed by atoms with Crippen LogP contribution in [0.4, 0.5) is 26.0 Å². The summed E-state index contributed by atoms with van der Waals surface area (Å²) in [5.74, 6) is -1.01. The van der Waals surface area contributed by atoms with Crippen molar-refractivity contribution in [2.45, 2.75) is 6.42 Å². The van der Waals surface area contributed by atoms with Gasteiger partial charge in [0, 0.05) is 25.9 Å². The minimum atomic E-state index is -0.716. The molecule has 0 atom stereocenters. The number of aromatic hydroxyl groups is 1. The van der Waals surface area contributed by atoms with Crippen LogP contribution in [0.5, 0.6) is 5.88 Å². The van der Waals surface area contributed by atoms with E-state index in [9.17, 15) is 13.9 Å². The van der Waals surface area contributed by atoms with Crippen molar-refractivity contribution in [1.82, 2.24) is 15.0 Å². The molecule has 3 N–H and O–H groups in total. The second kappa shape index (κ2) is 8.43. The molecule has 0 aliphatic carbocycles. The molecular formula is C23H21F2N5O2. The number of benzene rings is 1. The Morgan fingerprint density at radius 3 is 2.72 bits per heavy atom. The third kappa shape index (κ3) is 3.82. The van der Waals surface area contributed by atoms with Gasteiger partial charge in [-0.15, -0.1) is 0 Å². The molecule has 9 heteroatoms. The van der Waals surface area contributed by atoms with Crippen LogP contribution in [0.15, 0.2) is 48.8 Å². The maximum absolute atomic E-state index is 14.4. The Kier molecular flexibility index (Phi) is 5.32. The van der Waals surface area contributed by atoms with Crippen LogP contribution < -0.4 is 10.2 Å². The van der Waals surface area contributed by atoms with Gasteiger partial charge in [0.1, 0.15) is 17.5 Å². The second-order valence-electron chi connectivity index (χ2n) is 7.53. The number of hydrogen-bond acceptors (Lipinski definition) is 6. The van der Waals surface area contributed by atoms with Crippen LogP contribution in [-0.2, 0) is 4.74 Å². The number of hydrogen-bond donors (Lipinski definition) is 3. The molecule has 32 heavy (non-hydrogen) atoms. The van der Waals surface area contributed by atoms with Gasteiger partial charge in [0.05, 0.1) is 46.3 Å². The quantitative estimate of drug-likeness (QED) is 0.433. The van der Waals surface area contributed by atoms with Gasteiger partial charge >= 0.3 is 0 Å². The van der Waals surface area contributed by atoms with Gasteiger partial charge in [-0.3, -0.25) is 0 Å². The molecule has 4 heterocycles. The summed E-state index contributed by atoms with van der Waals surface area (Å²) in [7, 11) is 0. The Bertz CT molecular complexity index is 1230. The van der Waals surface area contributed by atoms with Crippen LogP contribution in [0.3, 0.4) is 0 Å². The van der Waals surface area contributed by atoms with Gasteiger partial charge in [0.25, 0.3) is 0 Å². The maximum atomic E-state index is 14.4.